The molecule has 0 saturated carbocycles. The van der Waals surface area contributed by atoms with Crippen LogP contribution in [0, 0.1) is 5.92 Å². The summed E-state index contributed by atoms with van der Waals surface area (Å²) >= 11 is 0. The van der Waals surface area contributed by atoms with E-state index in [2.05, 4.69) is 19.2 Å². The Morgan fingerprint density at radius 1 is 0.821 bits per heavy atom. The fourth-order valence-electron chi connectivity index (χ4n) is 4.27. The minimum Gasteiger partial charge on any atom is -0.459 e. The van der Waals surface area contributed by atoms with Crippen molar-refractivity contribution < 1.29 is 14.6 Å². The number of ether oxygens (including phenoxy) is 1. The van der Waals surface area contributed by atoms with Gasteiger partial charge >= 0.3 is 5.97 Å². The Balaban J connectivity index is 1.88. The molecule has 166 valence electrons. The highest BCUT2D eigenvalue weighted by Gasteiger charge is 2.33. The van der Waals surface area contributed by atoms with Crippen molar-refractivity contribution in [1.82, 2.24) is 5.32 Å². The molecular weight excluding hydrogens is 350 g/mol. The molecule has 0 aliphatic carbocycles. The van der Waals surface area contributed by atoms with Crippen molar-refractivity contribution in [3.05, 3.63) is 0 Å². The Kier molecular flexibility index (Phi) is 14.7. The molecule has 2 N–H and O–H groups in total. The number of carbonyl (C=O) groups excluding carboxylic acids is 1. The van der Waals surface area contributed by atoms with Crippen molar-refractivity contribution in [1.29, 1.82) is 0 Å². The van der Waals surface area contributed by atoms with E-state index >= 15 is 0 Å². The van der Waals surface area contributed by atoms with Gasteiger partial charge in [0.15, 0.2) is 0 Å². The average molecular weight is 398 g/mol. The van der Waals surface area contributed by atoms with E-state index < -0.39 is 0 Å². The van der Waals surface area contributed by atoms with E-state index in [0.29, 0.717) is 18.9 Å². The van der Waals surface area contributed by atoms with Crippen molar-refractivity contribution in [2.45, 2.75) is 122 Å². The molecule has 28 heavy (non-hydrogen) atoms. The molecule has 0 aromatic heterocycles. The van der Waals surface area contributed by atoms with Crippen LogP contribution in [0.3, 0.4) is 0 Å². The summed E-state index contributed by atoms with van der Waals surface area (Å²) in [6.07, 6.45) is 18.9. The molecule has 0 bridgehead atoms. The first-order chi connectivity index (χ1) is 13.6. The molecule has 0 amide bonds. The SMILES string of the molecule is CC(C)(OC(=O)CCCCCCCCCCCCCCCO)C1CCNCC1. The van der Waals surface area contributed by atoms with Crippen LogP contribution in [-0.2, 0) is 9.53 Å². The Morgan fingerprint density at radius 2 is 1.25 bits per heavy atom. The zero-order valence-corrected chi connectivity index (χ0v) is 18.8. The molecule has 4 heteroatoms. The quantitative estimate of drug-likeness (QED) is 0.242. The topological polar surface area (TPSA) is 58.6 Å². The second kappa shape index (κ2) is 16.2. The smallest absolute Gasteiger partial charge is 0.306 e. The number of piperidine rings is 1. The first-order valence-corrected chi connectivity index (χ1v) is 12.1. The number of hydrogen-bond acceptors (Lipinski definition) is 4. The lowest BCUT2D eigenvalue weighted by molar-refractivity contribution is -0.162. The number of nitrogens with one attached hydrogen (secondary N) is 1. The van der Waals surface area contributed by atoms with Crippen LogP contribution in [0.15, 0.2) is 0 Å². The van der Waals surface area contributed by atoms with Crippen LogP contribution in [0.4, 0.5) is 0 Å². The molecule has 0 spiro atoms. The first kappa shape index (κ1) is 25.4. The Morgan fingerprint density at radius 3 is 1.71 bits per heavy atom. The number of aliphatic hydroxyl groups excluding tert-OH is 1. The van der Waals surface area contributed by atoms with Gasteiger partial charge in [0.2, 0.25) is 0 Å². The van der Waals surface area contributed by atoms with Gasteiger partial charge in [0.1, 0.15) is 5.60 Å². The Hall–Kier alpha value is -0.610. The summed E-state index contributed by atoms with van der Waals surface area (Å²) in [5.74, 6) is 0.473. The lowest BCUT2D eigenvalue weighted by Crippen LogP contribution is -2.42. The third-order valence-electron chi connectivity index (χ3n) is 6.24. The maximum absolute atomic E-state index is 12.2. The molecule has 0 unspecified atom stereocenters. The first-order valence-electron chi connectivity index (χ1n) is 12.1. The van der Waals surface area contributed by atoms with Crippen LogP contribution in [0.25, 0.3) is 0 Å². The van der Waals surface area contributed by atoms with Gasteiger partial charge in [-0.25, -0.2) is 0 Å². The molecule has 1 fully saturated rings. The lowest BCUT2D eigenvalue weighted by atomic mass is 9.83. The third kappa shape index (κ3) is 12.8. The highest BCUT2D eigenvalue weighted by Crippen LogP contribution is 2.29. The number of rotatable bonds is 17. The van der Waals surface area contributed by atoms with Gasteiger partial charge in [-0.15, -0.1) is 0 Å². The van der Waals surface area contributed by atoms with E-state index in [-0.39, 0.29) is 11.6 Å². The fourth-order valence-corrected chi connectivity index (χ4v) is 4.27. The lowest BCUT2D eigenvalue weighted by Gasteiger charge is -2.36. The Labute approximate surface area is 174 Å². The van der Waals surface area contributed by atoms with Gasteiger partial charge in [0, 0.05) is 18.9 Å². The predicted octanol–water partition coefficient (Wildman–Crippen LogP) is 5.76. The second-order valence-corrected chi connectivity index (χ2v) is 9.17. The summed E-state index contributed by atoms with van der Waals surface area (Å²) in [6, 6.07) is 0. The number of aliphatic hydroxyl groups is 1. The summed E-state index contributed by atoms with van der Waals surface area (Å²) in [7, 11) is 0. The van der Waals surface area contributed by atoms with Gasteiger partial charge < -0.3 is 15.2 Å². The molecule has 1 aliphatic heterocycles. The minimum absolute atomic E-state index is 0.0116. The monoisotopic (exact) mass is 397 g/mol. The molecule has 0 aromatic carbocycles. The maximum atomic E-state index is 12.2. The maximum Gasteiger partial charge on any atom is 0.306 e. The molecule has 0 atom stereocenters. The van der Waals surface area contributed by atoms with Crippen LogP contribution in [0.2, 0.25) is 0 Å². The van der Waals surface area contributed by atoms with E-state index in [1.54, 1.807) is 0 Å². The summed E-state index contributed by atoms with van der Waals surface area (Å²) in [4.78, 5) is 12.2. The van der Waals surface area contributed by atoms with Crippen LogP contribution >= 0.6 is 0 Å². The molecular formula is C24H47NO3. The third-order valence-corrected chi connectivity index (χ3v) is 6.24. The van der Waals surface area contributed by atoms with Crippen LogP contribution in [0.1, 0.15) is 117 Å². The van der Waals surface area contributed by atoms with Crippen molar-refractivity contribution in [3.63, 3.8) is 0 Å². The molecule has 1 heterocycles. The van der Waals surface area contributed by atoms with Gasteiger partial charge in [-0.1, -0.05) is 70.6 Å². The van der Waals surface area contributed by atoms with Crippen LogP contribution in [0.5, 0.6) is 0 Å². The summed E-state index contributed by atoms with van der Waals surface area (Å²) in [5, 5.41) is 12.1. The largest absolute Gasteiger partial charge is 0.459 e. The van der Waals surface area contributed by atoms with Gasteiger partial charge in [-0.05, 0) is 52.6 Å². The number of hydrogen-bond donors (Lipinski definition) is 2. The minimum atomic E-state index is -0.321. The molecule has 0 aromatic rings. The second-order valence-electron chi connectivity index (χ2n) is 9.17. The molecule has 1 rings (SSSR count). The zero-order valence-electron chi connectivity index (χ0n) is 18.8. The van der Waals surface area contributed by atoms with Gasteiger partial charge in [0.05, 0.1) is 0 Å². The summed E-state index contributed by atoms with van der Waals surface area (Å²) in [5.41, 5.74) is -0.321. The van der Waals surface area contributed by atoms with E-state index in [1.807, 2.05) is 0 Å². The van der Waals surface area contributed by atoms with E-state index in [1.165, 1.54) is 64.2 Å². The normalized spacial score (nSPS) is 15.7. The summed E-state index contributed by atoms with van der Waals surface area (Å²) in [6.45, 7) is 6.58. The average Bonchev–Trinajstić information content (AvgIpc) is 2.68. The van der Waals surface area contributed by atoms with E-state index in [0.717, 1.165) is 45.2 Å². The Bertz CT molecular complexity index is 378. The van der Waals surface area contributed by atoms with E-state index in [9.17, 15) is 4.79 Å². The van der Waals surface area contributed by atoms with Gasteiger partial charge in [0.25, 0.3) is 0 Å². The highest BCUT2D eigenvalue weighted by molar-refractivity contribution is 5.69. The van der Waals surface area contributed by atoms with Crippen LogP contribution < -0.4 is 5.32 Å². The highest BCUT2D eigenvalue weighted by atomic mass is 16.6. The fraction of sp³-hybridized carbons (Fsp3) is 0.958. The van der Waals surface area contributed by atoms with Crippen LogP contribution in [-0.4, -0.2) is 36.4 Å². The summed E-state index contributed by atoms with van der Waals surface area (Å²) < 4.78 is 5.81. The van der Waals surface area contributed by atoms with Crippen molar-refractivity contribution in [2.75, 3.05) is 19.7 Å². The number of carbonyl (C=O) groups is 1. The van der Waals surface area contributed by atoms with Crippen molar-refractivity contribution in [2.24, 2.45) is 5.92 Å². The number of esters is 1. The van der Waals surface area contributed by atoms with Gasteiger partial charge in [-0.2, -0.15) is 0 Å². The molecule has 0 radical (unpaired) electrons. The van der Waals surface area contributed by atoms with Gasteiger partial charge in [-0.3, -0.25) is 4.79 Å². The molecule has 4 nitrogen and oxygen atoms in total. The molecule has 1 aliphatic rings. The zero-order chi connectivity index (χ0) is 20.5. The predicted molar refractivity (Wildman–Crippen MR) is 117 cm³/mol. The van der Waals surface area contributed by atoms with Crippen molar-refractivity contribution >= 4 is 5.97 Å². The molecule has 1 saturated heterocycles. The van der Waals surface area contributed by atoms with E-state index in [4.69, 9.17) is 9.84 Å². The standard InChI is InChI=1S/C24H47NO3/c1-24(2,22-17-19-25-20-18-22)28-23(27)16-14-12-10-8-6-4-3-5-7-9-11-13-15-21-26/h22,25-26H,3-21H2,1-2H3. The number of unbranched alkanes of at least 4 members (excludes halogenated alkanes) is 12. The van der Waals surface area contributed by atoms with Crippen molar-refractivity contribution in [3.8, 4) is 0 Å².